The molecule has 1 heterocycles. The fourth-order valence-corrected chi connectivity index (χ4v) is 6.50. The predicted molar refractivity (Wildman–Crippen MR) is 196 cm³/mol. The van der Waals surface area contributed by atoms with Crippen molar-refractivity contribution in [1.82, 2.24) is 9.97 Å². The standard InChI is InChI=1S/C43H45N3/c1-31(2)12-11-29-44-32(3)33-17-10-18-38(26-19-33)41-30-42(46-43(45-41)40-15-8-5-9-16-40)39-27-24-37(25-28-39)36-22-20-35(21-23-36)34-13-6-4-7-14-34/h4-9,11-13,15,19-22,24-30,32,34,36,40H,1,10,14,16-18,23H2,2-3H3/b12-11-,44-29-/t32-,34?,36?,40?/m0/s1. The van der Waals surface area contributed by atoms with Gasteiger partial charge in [0.25, 0.3) is 0 Å². The van der Waals surface area contributed by atoms with E-state index in [0.717, 1.165) is 66.9 Å². The molecule has 0 radical (unpaired) electrons. The van der Waals surface area contributed by atoms with Gasteiger partial charge in [0.2, 0.25) is 0 Å². The Morgan fingerprint density at radius 2 is 1.63 bits per heavy atom. The Morgan fingerprint density at radius 3 is 2.33 bits per heavy atom. The molecule has 0 saturated carbocycles. The molecule has 46 heavy (non-hydrogen) atoms. The molecule has 1 aromatic carbocycles. The monoisotopic (exact) mass is 603 g/mol. The first-order chi connectivity index (χ1) is 22.5. The molecular formula is C43H45N3. The summed E-state index contributed by atoms with van der Waals surface area (Å²) in [5, 5.41) is 0. The van der Waals surface area contributed by atoms with Crippen LogP contribution in [0.5, 0.6) is 0 Å². The lowest BCUT2D eigenvalue weighted by Gasteiger charge is -2.21. The van der Waals surface area contributed by atoms with E-state index >= 15 is 0 Å². The van der Waals surface area contributed by atoms with Crippen molar-refractivity contribution in [2.75, 3.05) is 0 Å². The second-order valence-corrected chi connectivity index (χ2v) is 12.8. The van der Waals surface area contributed by atoms with Crippen LogP contribution in [0.4, 0.5) is 0 Å². The fourth-order valence-electron chi connectivity index (χ4n) is 6.50. The van der Waals surface area contributed by atoms with Crippen molar-refractivity contribution in [2.45, 2.75) is 70.3 Å². The molecule has 0 spiro atoms. The van der Waals surface area contributed by atoms with Gasteiger partial charge in [0.15, 0.2) is 0 Å². The number of allylic oxidation sites excluding steroid dienone is 18. The summed E-state index contributed by atoms with van der Waals surface area (Å²) in [6, 6.07) is 11.4. The van der Waals surface area contributed by atoms with Crippen LogP contribution in [0.3, 0.4) is 0 Å². The molecular weight excluding hydrogens is 558 g/mol. The van der Waals surface area contributed by atoms with Crippen LogP contribution in [0.2, 0.25) is 0 Å². The van der Waals surface area contributed by atoms with E-state index in [-0.39, 0.29) is 12.0 Å². The highest BCUT2D eigenvalue weighted by Gasteiger charge is 2.20. The second-order valence-electron chi connectivity index (χ2n) is 12.8. The summed E-state index contributed by atoms with van der Waals surface area (Å²) in [6.07, 6.45) is 41.2. The first-order valence-electron chi connectivity index (χ1n) is 16.8. The van der Waals surface area contributed by atoms with Gasteiger partial charge in [0, 0.05) is 29.5 Å². The quantitative estimate of drug-likeness (QED) is 0.211. The molecule has 3 unspecified atom stereocenters. The van der Waals surface area contributed by atoms with Gasteiger partial charge >= 0.3 is 0 Å². The van der Waals surface area contributed by atoms with Crippen LogP contribution >= 0.6 is 0 Å². The topological polar surface area (TPSA) is 38.1 Å². The Kier molecular flexibility index (Phi) is 10.3. The Labute approximate surface area is 275 Å². The minimum absolute atomic E-state index is 0.141. The third-order valence-electron chi connectivity index (χ3n) is 9.28. The van der Waals surface area contributed by atoms with Gasteiger partial charge in [-0.2, -0.15) is 0 Å². The number of aliphatic imine (C=N–C) groups is 1. The SMILES string of the molecule is C=C(C)/C=C\C=N/[C@@H](C)C1=CC=C(c2cc(-c3ccc(C4C=CC(C5C=CC=CC5)=CC4)cc3)nc(C3C=CC=CC3)n2)CCC1. The van der Waals surface area contributed by atoms with E-state index in [1.165, 1.54) is 22.3 Å². The zero-order valence-electron chi connectivity index (χ0n) is 27.2. The van der Waals surface area contributed by atoms with E-state index in [0.29, 0.717) is 11.8 Å². The summed E-state index contributed by atoms with van der Waals surface area (Å²) in [5.74, 6) is 2.00. The third kappa shape index (κ3) is 7.95. The first kappa shape index (κ1) is 31.4. The molecule has 4 aliphatic rings. The average molecular weight is 604 g/mol. The predicted octanol–water partition coefficient (Wildman–Crippen LogP) is 10.9. The highest BCUT2D eigenvalue weighted by atomic mass is 14.9. The van der Waals surface area contributed by atoms with Crippen LogP contribution in [0.25, 0.3) is 16.8 Å². The molecule has 0 bridgehead atoms. The minimum Gasteiger partial charge on any atom is -0.286 e. The molecule has 4 aliphatic carbocycles. The molecule has 2 aromatic rings. The van der Waals surface area contributed by atoms with Crippen LogP contribution in [0.1, 0.15) is 81.3 Å². The van der Waals surface area contributed by atoms with Crippen LogP contribution in [-0.4, -0.2) is 22.2 Å². The summed E-state index contributed by atoms with van der Waals surface area (Å²) in [5.41, 5.74) is 9.59. The summed E-state index contributed by atoms with van der Waals surface area (Å²) in [4.78, 5) is 15.1. The molecule has 0 amide bonds. The maximum Gasteiger partial charge on any atom is 0.136 e. The van der Waals surface area contributed by atoms with E-state index in [1.807, 2.05) is 25.3 Å². The summed E-state index contributed by atoms with van der Waals surface area (Å²) in [7, 11) is 0. The van der Waals surface area contributed by atoms with Gasteiger partial charge in [0.1, 0.15) is 5.82 Å². The minimum atomic E-state index is 0.141. The number of aromatic nitrogens is 2. The van der Waals surface area contributed by atoms with Crippen LogP contribution in [0.15, 0.2) is 150 Å². The molecule has 0 fully saturated rings. The largest absolute Gasteiger partial charge is 0.286 e. The molecule has 0 aliphatic heterocycles. The highest BCUT2D eigenvalue weighted by molar-refractivity contribution is 5.73. The van der Waals surface area contributed by atoms with Crippen molar-refractivity contribution in [2.24, 2.45) is 10.9 Å². The van der Waals surface area contributed by atoms with Crippen LogP contribution < -0.4 is 0 Å². The second kappa shape index (κ2) is 15.1. The lowest BCUT2D eigenvalue weighted by atomic mass is 9.84. The van der Waals surface area contributed by atoms with Crippen molar-refractivity contribution >= 4 is 11.8 Å². The van der Waals surface area contributed by atoms with Crippen molar-refractivity contribution in [1.29, 1.82) is 0 Å². The van der Waals surface area contributed by atoms with E-state index < -0.39 is 0 Å². The highest BCUT2D eigenvalue weighted by Crippen LogP contribution is 2.34. The normalized spacial score (nSPS) is 23.3. The fraction of sp³-hybridized carbons (Fsp3) is 0.279. The van der Waals surface area contributed by atoms with Crippen molar-refractivity contribution in [3.63, 3.8) is 0 Å². The van der Waals surface area contributed by atoms with Gasteiger partial charge in [0.05, 0.1) is 17.4 Å². The molecule has 6 rings (SSSR count). The van der Waals surface area contributed by atoms with Crippen molar-refractivity contribution in [3.05, 3.63) is 162 Å². The molecule has 1 aromatic heterocycles. The molecule has 232 valence electrons. The number of hydrogen-bond acceptors (Lipinski definition) is 3. The van der Waals surface area contributed by atoms with Gasteiger partial charge in [-0.15, -0.1) is 0 Å². The van der Waals surface area contributed by atoms with Crippen LogP contribution in [0, 0.1) is 5.92 Å². The van der Waals surface area contributed by atoms with Gasteiger partial charge in [-0.25, -0.2) is 9.97 Å². The third-order valence-corrected chi connectivity index (χ3v) is 9.28. The van der Waals surface area contributed by atoms with Gasteiger partial charge in [-0.3, -0.25) is 4.99 Å². The Morgan fingerprint density at radius 1 is 0.870 bits per heavy atom. The maximum absolute atomic E-state index is 5.17. The van der Waals surface area contributed by atoms with Gasteiger partial charge in [-0.1, -0.05) is 121 Å². The Bertz CT molecular complexity index is 1730. The summed E-state index contributed by atoms with van der Waals surface area (Å²) in [6.45, 7) is 8.08. The summed E-state index contributed by atoms with van der Waals surface area (Å²) < 4.78 is 0. The molecule has 3 nitrogen and oxygen atoms in total. The van der Waals surface area contributed by atoms with Crippen molar-refractivity contribution < 1.29 is 0 Å². The number of benzene rings is 1. The van der Waals surface area contributed by atoms with Crippen LogP contribution in [-0.2, 0) is 0 Å². The number of hydrogen-bond donors (Lipinski definition) is 0. The van der Waals surface area contributed by atoms with Gasteiger partial charge in [-0.05, 0) is 86.8 Å². The van der Waals surface area contributed by atoms with E-state index in [2.05, 4.69) is 123 Å². The maximum atomic E-state index is 5.17. The zero-order chi connectivity index (χ0) is 31.7. The molecule has 0 N–H and O–H groups in total. The Balaban J connectivity index is 1.24. The lowest BCUT2D eigenvalue weighted by Crippen LogP contribution is -2.07. The van der Waals surface area contributed by atoms with E-state index in [1.54, 1.807) is 0 Å². The number of nitrogens with zero attached hydrogens (tertiary/aromatic N) is 3. The van der Waals surface area contributed by atoms with E-state index in [4.69, 9.17) is 15.0 Å². The molecule has 3 heteroatoms. The Hall–Kier alpha value is -4.63. The zero-order valence-corrected chi connectivity index (χ0v) is 27.2. The average Bonchev–Trinajstić information content (AvgIpc) is 3.38. The molecule has 4 atom stereocenters. The lowest BCUT2D eigenvalue weighted by molar-refractivity contribution is 0.749. The molecule has 0 saturated heterocycles. The smallest absolute Gasteiger partial charge is 0.136 e. The van der Waals surface area contributed by atoms with E-state index in [9.17, 15) is 0 Å². The number of rotatable bonds is 9. The van der Waals surface area contributed by atoms with Gasteiger partial charge < -0.3 is 0 Å². The van der Waals surface area contributed by atoms with Crippen molar-refractivity contribution in [3.8, 4) is 11.3 Å². The summed E-state index contributed by atoms with van der Waals surface area (Å²) >= 11 is 0. The first-order valence-corrected chi connectivity index (χ1v) is 16.8.